The van der Waals surface area contributed by atoms with Gasteiger partial charge in [0, 0.05) is 12.3 Å². The minimum Gasteiger partial charge on any atom is -0.394 e. The van der Waals surface area contributed by atoms with E-state index in [2.05, 4.69) is 11.6 Å². The largest absolute Gasteiger partial charge is 0.394 e. The monoisotopic (exact) mass is 252 g/mol. The highest BCUT2D eigenvalue weighted by Crippen LogP contribution is 2.34. The van der Waals surface area contributed by atoms with Gasteiger partial charge in [-0.2, -0.15) is 0 Å². The molecule has 0 amide bonds. The first-order valence-corrected chi connectivity index (χ1v) is 5.84. The number of aliphatic hydroxyl groups excluding tert-OH is 1. The Hall–Kier alpha value is -1.66. The predicted molar refractivity (Wildman–Crippen MR) is 65.2 cm³/mol. The quantitative estimate of drug-likeness (QED) is 0.739. The highest BCUT2D eigenvalue weighted by Gasteiger charge is 2.35. The fourth-order valence-corrected chi connectivity index (χ4v) is 2.27. The van der Waals surface area contributed by atoms with Gasteiger partial charge in [0.15, 0.2) is 0 Å². The van der Waals surface area contributed by atoms with Crippen LogP contribution in [-0.2, 0) is 4.74 Å². The molecule has 18 heavy (non-hydrogen) atoms. The number of rotatable bonds is 4. The first-order chi connectivity index (χ1) is 8.65. The second kappa shape index (κ2) is 5.32. The summed E-state index contributed by atoms with van der Waals surface area (Å²) in [5, 5.41) is 9.24. The zero-order valence-corrected chi connectivity index (χ0v) is 9.91. The molecule has 6 nitrogen and oxygen atoms in total. The average molecular weight is 252 g/mol. The molecule has 0 spiro atoms. The van der Waals surface area contributed by atoms with E-state index in [0.717, 1.165) is 6.42 Å². The maximum absolute atomic E-state index is 11.6. The molecule has 1 saturated heterocycles. The molecule has 1 aromatic heterocycles. The lowest BCUT2D eigenvalue weighted by Gasteiger charge is -2.14. The Balaban J connectivity index is 2.23. The third kappa shape index (κ3) is 2.44. The van der Waals surface area contributed by atoms with Crippen LogP contribution in [0.5, 0.6) is 0 Å². The molecule has 0 aromatic carbocycles. The molecule has 0 unspecified atom stereocenters. The van der Waals surface area contributed by atoms with Crippen molar-refractivity contribution in [2.75, 3.05) is 6.61 Å². The van der Waals surface area contributed by atoms with E-state index >= 15 is 0 Å². The van der Waals surface area contributed by atoms with Crippen molar-refractivity contribution >= 4 is 0 Å². The number of hydrogen-bond acceptors (Lipinski definition) is 4. The number of aliphatic hydroxyl groups is 1. The molecule has 1 aromatic rings. The highest BCUT2D eigenvalue weighted by atomic mass is 16.5. The molecule has 0 saturated carbocycles. The lowest BCUT2D eigenvalue weighted by Crippen LogP contribution is -2.31. The number of aromatic nitrogens is 2. The average Bonchev–Trinajstić information content (AvgIpc) is 2.72. The van der Waals surface area contributed by atoms with Crippen molar-refractivity contribution in [3.05, 3.63) is 45.8 Å². The molecule has 2 heterocycles. The van der Waals surface area contributed by atoms with E-state index in [0.29, 0.717) is 6.42 Å². The van der Waals surface area contributed by atoms with Crippen LogP contribution in [0.2, 0.25) is 0 Å². The molecular weight excluding hydrogens is 236 g/mol. The molecule has 0 aliphatic carbocycles. The van der Waals surface area contributed by atoms with Crippen molar-refractivity contribution in [1.82, 2.24) is 9.55 Å². The Bertz CT molecular complexity index is 533. The molecule has 0 bridgehead atoms. The lowest BCUT2D eigenvalue weighted by molar-refractivity contribution is -0.0323. The van der Waals surface area contributed by atoms with Gasteiger partial charge in [-0.3, -0.25) is 14.3 Å². The van der Waals surface area contributed by atoms with Crippen LogP contribution in [-0.4, -0.2) is 27.4 Å². The number of allylic oxidation sites excluding steroid dienone is 1. The summed E-state index contributed by atoms with van der Waals surface area (Å²) >= 11 is 0. The Morgan fingerprint density at radius 1 is 1.61 bits per heavy atom. The van der Waals surface area contributed by atoms with Gasteiger partial charge in [0.2, 0.25) is 0 Å². The standard InChI is InChI=1S/C12H16N2O4/c1-2-3-8-6-11(18-9(8)7-15)14-5-4-10(16)13-12(14)17/h2,4-5,8-9,11,15H,1,3,6-7H2,(H,13,16,17)/t8-,9+,11+/m0/s1. The minimum atomic E-state index is -0.497. The first kappa shape index (κ1) is 12.8. The number of ether oxygens (including phenoxy) is 1. The highest BCUT2D eigenvalue weighted by molar-refractivity contribution is 4.90. The van der Waals surface area contributed by atoms with E-state index in [1.54, 1.807) is 6.08 Å². The number of aromatic amines is 1. The molecule has 1 fully saturated rings. The summed E-state index contributed by atoms with van der Waals surface area (Å²) in [6.45, 7) is 3.58. The van der Waals surface area contributed by atoms with Crippen molar-refractivity contribution < 1.29 is 9.84 Å². The third-order valence-electron chi connectivity index (χ3n) is 3.17. The van der Waals surface area contributed by atoms with E-state index in [1.165, 1.54) is 16.8 Å². The summed E-state index contributed by atoms with van der Waals surface area (Å²) in [5.41, 5.74) is -0.931. The van der Waals surface area contributed by atoms with Crippen LogP contribution in [0, 0.1) is 5.92 Å². The SMILES string of the molecule is C=CC[C@H]1C[C@H](n2ccc(=O)[nH]c2=O)O[C@@H]1CO. The van der Waals surface area contributed by atoms with Gasteiger partial charge in [-0.25, -0.2) is 4.79 Å². The number of nitrogens with one attached hydrogen (secondary N) is 1. The second-order valence-electron chi connectivity index (χ2n) is 4.35. The Labute approximate surface area is 104 Å². The Morgan fingerprint density at radius 3 is 3.00 bits per heavy atom. The maximum Gasteiger partial charge on any atom is 0.330 e. The van der Waals surface area contributed by atoms with Gasteiger partial charge in [-0.05, 0) is 18.8 Å². The van der Waals surface area contributed by atoms with Gasteiger partial charge in [0.25, 0.3) is 5.56 Å². The second-order valence-corrected chi connectivity index (χ2v) is 4.35. The van der Waals surface area contributed by atoms with E-state index < -0.39 is 17.5 Å². The molecule has 3 atom stereocenters. The normalized spacial score (nSPS) is 27.3. The van der Waals surface area contributed by atoms with E-state index in [9.17, 15) is 14.7 Å². The third-order valence-corrected chi connectivity index (χ3v) is 3.17. The summed E-state index contributed by atoms with van der Waals surface area (Å²) in [7, 11) is 0. The molecular formula is C12H16N2O4. The van der Waals surface area contributed by atoms with Gasteiger partial charge in [0.1, 0.15) is 6.23 Å². The number of H-pyrrole nitrogens is 1. The molecule has 2 N–H and O–H groups in total. The Morgan fingerprint density at radius 2 is 2.39 bits per heavy atom. The zero-order valence-electron chi connectivity index (χ0n) is 9.91. The van der Waals surface area contributed by atoms with Crippen LogP contribution in [0.1, 0.15) is 19.1 Å². The van der Waals surface area contributed by atoms with Crippen molar-refractivity contribution in [3.8, 4) is 0 Å². The smallest absolute Gasteiger partial charge is 0.330 e. The van der Waals surface area contributed by atoms with E-state index in [4.69, 9.17) is 4.74 Å². The zero-order chi connectivity index (χ0) is 13.1. The molecule has 98 valence electrons. The number of hydrogen-bond donors (Lipinski definition) is 2. The summed E-state index contributed by atoms with van der Waals surface area (Å²) in [4.78, 5) is 24.8. The fraction of sp³-hybridized carbons (Fsp3) is 0.500. The van der Waals surface area contributed by atoms with E-state index in [-0.39, 0.29) is 18.6 Å². The van der Waals surface area contributed by atoms with E-state index in [1.807, 2.05) is 0 Å². The predicted octanol–water partition coefficient (Wildman–Crippen LogP) is 0.00870. The van der Waals surface area contributed by atoms with Crippen LogP contribution >= 0.6 is 0 Å². The van der Waals surface area contributed by atoms with Crippen molar-refractivity contribution in [1.29, 1.82) is 0 Å². The summed E-state index contributed by atoms with van der Waals surface area (Å²) in [5.74, 6) is 0.135. The molecule has 1 aliphatic heterocycles. The lowest BCUT2D eigenvalue weighted by atomic mass is 9.97. The van der Waals surface area contributed by atoms with Crippen LogP contribution < -0.4 is 11.2 Å². The van der Waals surface area contributed by atoms with Crippen molar-refractivity contribution in [3.63, 3.8) is 0 Å². The minimum absolute atomic E-state index is 0.0902. The van der Waals surface area contributed by atoms with Crippen LogP contribution in [0.3, 0.4) is 0 Å². The van der Waals surface area contributed by atoms with Gasteiger partial charge in [-0.1, -0.05) is 6.08 Å². The van der Waals surface area contributed by atoms with Crippen LogP contribution in [0.15, 0.2) is 34.5 Å². The van der Waals surface area contributed by atoms with Crippen molar-refractivity contribution in [2.24, 2.45) is 5.92 Å². The topological polar surface area (TPSA) is 84.3 Å². The van der Waals surface area contributed by atoms with Gasteiger partial charge in [-0.15, -0.1) is 6.58 Å². The van der Waals surface area contributed by atoms with Crippen molar-refractivity contribution in [2.45, 2.75) is 25.2 Å². The summed E-state index contributed by atoms with van der Waals surface area (Å²) in [6.07, 6.45) is 3.78. The fourth-order valence-electron chi connectivity index (χ4n) is 2.27. The molecule has 6 heteroatoms. The molecule has 2 rings (SSSR count). The number of nitrogens with zero attached hydrogens (tertiary/aromatic N) is 1. The van der Waals surface area contributed by atoms with Gasteiger partial charge >= 0.3 is 5.69 Å². The van der Waals surface area contributed by atoms with Crippen LogP contribution in [0.25, 0.3) is 0 Å². The first-order valence-electron chi connectivity index (χ1n) is 5.84. The van der Waals surface area contributed by atoms with Crippen LogP contribution in [0.4, 0.5) is 0 Å². The van der Waals surface area contributed by atoms with Gasteiger partial charge in [0.05, 0.1) is 12.7 Å². The molecule has 1 aliphatic rings. The maximum atomic E-state index is 11.6. The summed E-state index contributed by atoms with van der Waals surface area (Å²) in [6, 6.07) is 1.28. The van der Waals surface area contributed by atoms with Gasteiger partial charge < -0.3 is 9.84 Å². The summed E-state index contributed by atoms with van der Waals surface area (Å²) < 4.78 is 6.97. The molecule has 0 radical (unpaired) electrons. The Kier molecular flexibility index (Phi) is 3.78.